The maximum Gasteiger partial charge on any atom is 0.290 e. The summed E-state index contributed by atoms with van der Waals surface area (Å²) < 4.78 is 11.8. The normalized spacial score (nSPS) is 18.5. The summed E-state index contributed by atoms with van der Waals surface area (Å²) in [7, 11) is 0. The summed E-state index contributed by atoms with van der Waals surface area (Å²) in [5, 5.41) is 7.01. The van der Waals surface area contributed by atoms with Crippen molar-refractivity contribution < 1.29 is 13.9 Å². The standard InChI is InChI=1S/C16H20N4O4/c1-10(15(21)18-9-11-4-2-6-23-11)20-16(22)12(17)8-13(19-20)14-5-3-7-24-14/h3,5,7-8,10-11H,2,4,6,9,17H2,1H3,(H,18,21)/t10-,11+/m1/s1. The number of ether oxygens (including phenoxy) is 1. The molecule has 1 aliphatic heterocycles. The lowest BCUT2D eigenvalue weighted by Gasteiger charge is -2.17. The fraction of sp³-hybridized carbons (Fsp3) is 0.438. The lowest BCUT2D eigenvalue weighted by molar-refractivity contribution is -0.124. The molecule has 2 atom stereocenters. The number of anilines is 1. The molecule has 0 aliphatic carbocycles. The van der Waals surface area contributed by atoms with E-state index in [1.807, 2.05) is 0 Å². The highest BCUT2D eigenvalue weighted by Gasteiger charge is 2.22. The average molecular weight is 332 g/mol. The number of amides is 1. The Bertz CT molecular complexity index is 763. The van der Waals surface area contributed by atoms with Gasteiger partial charge in [0, 0.05) is 13.2 Å². The Morgan fingerprint density at radius 1 is 1.58 bits per heavy atom. The molecular weight excluding hydrogens is 312 g/mol. The van der Waals surface area contributed by atoms with Crippen molar-refractivity contribution in [3.05, 3.63) is 34.8 Å². The zero-order chi connectivity index (χ0) is 17.1. The van der Waals surface area contributed by atoms with Crippen LogP contribution in [0.2, 0.25) is 0 Å². The minimum atomic E-state index is -0.795. The van der Waals surface area contributed by atoms with Gasteiger partial charge in [0.15, 0.2) is 5.76 Å². The molecule has 8 heteroatoms. The molecule has 0 saturated carbocycles. The first kappa shape index (κ1) is 16.3. The number of hydrogen-bond acceptors (Lipinski definition) is 6. The van der Waals surface area contributed by atoms with Gasteiger partial charge in [-0.2, -0.15) is 5.10 Å². The molecule has 0 bridgehead atoms. The Morgan fingerprint density at radius 2 is 2.42 bits per heavy atom. The molecule has 24 heavy (non-hydrogen) atoms. The highest BCUT2D eigenvalue weighted by Crippen LogP contribution is 2.18. The minimum absolute atomic E-state index is 0.00942. The molecule has 3 rings (SSSR count). The van der Waals surface area contributed by atoms with E-state index in [0.717, 1.165) is 24.1 Å². The number of rotatable bonds is 5. The molecule has 3 heterocycles. The number of nitrogen functional groups attached to an aromatic ring is 1. The van der Waals surface area contributed by atoms with Gasteiger partial charge in [0.25, 0.3) is 5.56 Å². The van der Waals surface area contributed by atoms with Crippen molar-refractivity contribution >= 4 is 11.6 Å². The molecule has 0 radical (unpaired) electrons. The number of aromatic nitrogens is 2. The van der Waals surface area contributed by atoms with Crippen LogP contribution in [0.25, 0.3) is 11.5 Å². The van der Waals surface area contributed by atoms with Gasteiger partial charge in [0.05, 0.1) is 12.4 Å². The zero-order valence-corrected chi connectivity index (χ0v) is 13.4. The van der Waals surface area contributed by atoms with Crippen LogP contribution in [-0.4, -0.2) is 34.9 Å². The topological polar surface area (TPSA) is 112 Å². The van der Waals surface area contributed by atoms with Gasteiger partial charge in [-0.3, -0.25) is 9.59 Å². The lowest BCUT2D eigenvalue weighted by Crippen LogP contribution is -2.40. The molecule has 0 spiro atoms. The zero-order valence-electron chi connectivity index (χ0n) is 13.4. The Morgan fingerprint density at radius 3 is 3.08 bits per heavy atom. The van der Waals surface area contributed by atoms with Gasteiger partial charge in [0.1, 0.15) is 17.4 Å². The average Bonchev–Trinajstić information content (AvgIpc) is 3.27. The predicted molar refractivity (Wildman–Crippen MR) is 87.3 cm³/mol. The first-order valence-corrected chi connectivity index (χ1v) is 7.89. The van der Waals surface area contributed by atoms with Crippen molar-refractivity contribution in [3.8, 4) is 11.5 Å². The molecular formula is C16H20N4O4. The number of furan rings is 1. The van der Waals surface area contributed by atoms with Crippen LogP contribution in [0.1, 0.15) is 25.8 Å². The second kappa shape index (κ2) is 6.88. The number of hydrogen-bond donors (Lipinski definition) is 2. The van der Waals surface area contributed by atoms with Crippen molar-refractivity contribution in [3.63, 3.8) is 0 Å². The van der Waals surface area contributed by atoms with Gasteiger partial charge >= 0.3 is 0 Å². The Labute approximate surface area is 138 Å². The molecule has 0 unspecified atom stereocenters. The second-order valence-corrected chi connectivity index (χ2v) is 5.77. The summed E-state index contributed by atoms with van der Waals surface area (Å²) >= 11 is 0. The number of nitrogens with one attached hydrogen (secondary N) is 1. The summed E-state index contributed by atoms with van der Waals surface area (Å²) in [6, 6.07) is 4.06. The number of carbonyl (C=O) groups is 1. The minimum Gasteiger partial charge on any atom is -0.463 e. The molecule has 8 nitrogen and oxygen atoms in total. The van der Waals surface area contributed by atoms with Crippen molar-refractivity contribution in [2.24, 2.45) is 0 Å². The van der Waals surface area contributed by atoms with Crippen molar-refractivity contribution in [2.45, 2.75) is 31.9 Å². The van der Waals surface area contributed by atoms with E-state index in [1.165, 1.54) is 12.3 Å². The van der Waals surface area contributed by atoms with Crippen LogP contribution in [0.3, 0.4) is 0 Å². The summed E-state index contributed by atoms with van der Waals surface area (Å²) in [6.07, 6.45) is 3.46. The van der Waals surface area contributed by atoms with Gasteiger partial charge in [-0.25, -0.2) is 4.68 Å². The number of nitrogens with two attached hydrogens (primary N) is 1. The van der Waals surface area contributed by atoms with Gasteiger partial charge in [-0.05, 0) is 38.0 Å². The Kier molecular flexibility index (Phi) is 4.66. The first-order chi connectivity index (χ1) is 11.6. The van der Waals surface area contributed by atoms with Gasteiger partial charge in [-0.15, -0.1) is 0 Å². The van der Waals surface area contributed by atoms with E-state index in [2.05, 4.69) is 10.4 Å². The number of carbonyl (C=O) groups excluding carboxylic acids is 1. The fourth-order valence-corrected chi connectivity index (χ4v) is 2.62. The summed E-state index contributed by atoms with van der Waals surface area (Å²) in [4.78, 5) is 24.6. The maximum absolute atomic E-state index is 12.3. The van der Waals surface area contributed by atoms with E-state index in [-0.39, 0.29) is 17.7 Å². The highest BCUT2D eigenvalue weighted by molar-refractivity contribution is 5.79. The summed E-state index contributed by atoms with van der Waals surface area (Å²) in [6.45, 7) is 2.74. The van der Waals surface area contributed by atoms with Crippen LogP contribution in [0.15, 0.2) is 33.7 Å². The maximum atomic E-state index is 12.3. The molecule has 1 fully saturated rings. The van der Waals surface area contributed by atoms with Crippen LogP contribution < -0.4 is 16.6 Å². The number of nitrogens with zero attached hydrogens (tertiary/aromatic N) is 2. The van der Waals surface area contributed by atoms with Crippen LogP contribution in [0, 0.1) is 0 Å². The molecule has 128 valence electrons. The van der Waals surface area contributed by atoms with Crippen molar-refractivity contribution in [1.82, 2.24) is 15.1 Å². The van der Waals surface area contributed by atoms with Crippen LogP contribution >= 0.6 is 0 Å². The Hall–Kier alpha value is -2.61. The molecule has 2 aromatic rings. The third-order valence-electron chi connectivity index (χ3n) is 4.01. The Balaban J connectivity index is 1.79. The molecule has 1 aliphatic rings. The van der Waals surface area contributed by atoms with Gasteiger partial charge < -0.3 is 20.2 Å². The molecule has 3 N–H and O–H groups in total. The summed E-state index contributed by atoms with van der Waals surface area (Å²) in [5.74, 6) is 0.165. The van der Waals surface area contributed by atoms with Crippen LogP contribution in [-0.2, 0) is 9.53 Å². The van der Waals surface area contributed by atoms with E-state index in [1.54, 1.807) is 19.1 Å². The fourth-order valence-electron chi connectivity index (χ4n) is 2.62. The first-order valence-electron chi connectivity index (χ1n) is 7.89. The molecule has 1 amide bonds. The predicted octanol–water partition coefficient (Wildman–Crippen LogP) is 0.942. The molecule has 2 aromatic heterocycles. The largest absolute Gasteiger partial charge is 0.463 e. The van der Waals surface area contributed by atoms with Gasteiger partial charge in [0.2, 0.25) is 5.91 Å². The van der Waals surface area contributed by atoms with Crippen molar-refractivity contribution in [1.29, 1.82) is 0 Å². The SMILES string of the molecule is C[C@H](C(=O)NC[C@@H]1CCCO1)n1nc(-c2ccco2)cc(N)c1=O. The molecule has 0 aromatic carbocycles. The summed E-state index contributed by atoms with van der Waals surface area (Å²) in [5.41, 5.74) is 5.67. The van der Waals surface area contributed by atoms with Crippen LogP contribution in [0.5, 0.6) is 0 Å². The van der Waals surface area contributed by atoms with E-state index >= 15 is 0 Å². The van der Waals surface area contributed by atoms with E-state index in [4.69, 9.17) is 14.9 Å². The van der Waals surface area contributed by atoms with Crippen LogP contribution in [0.4, 0.5) is 5.69 Å². The lowest BCUT2D eigenvalue weighted by atomic mass is 10.2. The van der Waals surface area contributed by atoms with E-state index in [0.29, 0.717) is 18.0 Å². The van der Waals surface area contributed by atoms with E-state index < -0.39 is 11.6 Å². The second-order valence-electron chi connectivity index (χ2n) is 5.77. The third kappa shape index (κ3) is 3.33. The highest BCUT2D eigenvalue weighted by atomic mass is 16.5. The third-order valence-corrected chi connectivity index (χ3v) is 4.01. The van der Waals surface area contributed by atoms with Crippen molar-refractivity contribution in [2.75, 3.05) is 18.9 Å². The van der Waals surface area contributed by atoms with E-state index in [9.17, 15) is 9.59 Å². The van der Waals surface area contributed by atoms with Gasteiger partial charge in [-0.1, -0.05) is 0 Å². The molecule has 1 saturated heterocycles. The monoisotopic (exact) mass is 332 g/mol. The smallest absolute Gasteiger partial charge is 0.290 e. The quantitative estimate of drug-likeness (QED) is 0.843.